The van der Waals surface area contributed by atoms with Crippen molar-refractivity contribution in [1.29, 1.82) is 0 Å². The second-order valence-electron chi connectivity index (χ2n) is 7.77. The monoisotopic (exact) mass is 578 g/mol. The molecule has 3 aromatic rings. The van der Waals surface area contributed by atoms with Crippen molar-refractivity contribution in [2.45, 2.75) is 30.5 Å². The molecular weight excluding hydrogens is 558 g/mol. The number of aliphatic hydroxyl groups is 1. The van der Waals surface area contributed by atoms with Crippen LogP contribution in [0.4, 0.5) is 18.9 Å². The van der Waals surface area contributed by atoms with Gasteiger partial charge in [0.25, 0.3) is 10.1 Å². The van der Waals surface area contributed by atoms with E-state index in [1.807, 2.05) is 19.8 Å². The molecule has 1 atom stereocenters. The molecule has 2 N–H and O–H groups in total. The first kappa shape index (κ1) is 30.0. The quantitative estimate of drug-likeness (QED) is 0.243. The van der Waals surface area contributed by atoms with Gasteiger partial charge in [0.05, 0.1) is 4.34 Å². The van der Waals surface area contributed by atoms with E-state index in [1.54, 1.807) is 30.3 Å². The Morgan fingerprint density at radius 1 is 1.06 bits per heavy atom. The van der Waals surface area contributed by atoms with Gasteiger partial charge in [-0.3, -0.25) is 4.55 Å². The first-order valence-corrected chi connectivity index (χ1v) is 13.2. The maximum absolute atomic E-state index is 13.5. The summed E-state index contributed by atoms with van der Waals surface area (Å²) in [6, 6.07) is 14.7. The second kappa shape index (κ2) is 12.3. The van der Waals surface area contributed by atoms with Gasteiger partial charge in [-0.15, -0.1) is 23.6 Å². The summed E-state index contributed by atoms with van der Waals surface area (Å²) < 4.78 is 70.1. The number of halogens is 5. The summed E-state index contributed by atoms with van der Waals surface area (Å²) in [6.07, 6.45) is -4.93. The Kier molecular flexibility index (Phi) is 10.3. The molecule has 0 aliphatic rings. The van der Waals surface area contributed by atoms with Crippen molar-refractivity contribution in [2.24, 2.45) is 5.92 Å². The van der Waals surface area contributed by atoms with Gasteiger partial charge in [0, 0.05) is 11.1 Å². The number of rotatable bonds is 5. The van der Waals surface area contributed by atoms with Crippen LogP contribution in [-0.2, 0) is 15.7 Å². The van der Waals surface area contributed by atoms with E-state index in [-0.39, 0.29) is 19.1 Å². The lowest BCUT2D eigenvalue weighted by atomic mass is 9.93. The molecule has 1 heterocycles. The zero-order valence-electron chi connectivity index (χ0n) is 18.9. The highest BCUT2D eigenvalue weighted by Crippen LogP contribution is 2.39. The fourth-order valence-electron chi connectivity index (χ4n) is 2.59. The minimum atomic E-state index is -4.93. The van der Waals surface area contributed by atoms with Crippen molar-refractivity contribution in [3.05, 3.63) is 85.8 Å². The van der Waals surface area contributed by atoms with Gasteiger partial charge >= 0.3 is 6.18 Å². The molecule has 36 heavy (non-hydrogen) atoms. The predicted molar refractivity (Wildman–Crippen MR) is 137 cm³/mol. The van der Waals surface area contributed by atoms with Crippen LogP contribution in [0, 0.1) is 17.8 Å². The first-order chi connectivity index (χ1) is 16.6. The van der Waals surface area contributed by atoms with E-state index < -0.39 is 21.9 Å². The minimum absolute atomic E-state index is 0.0301. The molecule has 3 rings (SSSR count). The average Bonchev–Trinajstić information content (AvgIpc) is 3.15. The van der Waals surface area contributed by atoms with Crippen LogP contribution in [0.5, 0.6) is 0 Å². The first-order valence-electron chi connectivity index (χ1n) is 10.2. The van der Waals surface area contributed by atoms with Crippen LogP contribution in [0.15, 0.2) is 65.6 Å². The predicted octanol–water partition coefficient (Wildman–Crippen LogP) is 7.45. The van der Waals surface area contributed by atoms with Crippen LogP contribution in [0.1, 0.15) is 25.0 Å². The van der Waals surface area contributed by atoms with E-state index >= 15 is 0 Å². The van der Waals surface area contributed by atoms with Crippen LogP contribution >= 0.6 is 34.5 Å². The SMILES string of the molecule is CC(C)C[N-]c1ccc(C(O)(C#Cc2ccccc2)C(F)(F)F)cc1.O=S(=O)(O)c1cc(Cl)sc1Cl. The molecule has 0 radical (unpaired) electrons. The fraction of sp³-hybridized carbons (Fsp3) is 0.250. The number of nitrogens with zero attached hydrogens (tertiary/aromatic N) is 1. The van der Waals surface area contributed by atoms with Crippen LogP contribution < -0.4 is 0 Å². The van der Waals surface area contributed by atoms with E-state index in [4.69, 9.17) is 27.8 Å². The van der Waals surface area contributed by atoms with Crippen molar-refractivity contribution in [3.8, 4) is 11.8 Å². The Morgan fingerprint density at radius 3 is 2.06 bits per heavy atom. The highest BCUT2D eigenvalue weighted by atomic mass is 35.5. The molecule has 0 saturated carbocycles. The maximum atomic E-state index is 13.5. The summed E-state index contributed by atoms with van der Waals surface area (Å²) in [7, 11) is -4.22. The number of hydrogen-bond acceptors (Lipinski definition) is 4. The highest BCUT2D eigenvalue weighted by molar-refractivity contribution is 7.86. The van der Waals surface area contributed by atoms with E-state index in [9.17, 15) is 26.7 Å². The van der Waals surface area contributed by atoms with Crippen molar-refractivity contribution in [3.63, 3.8) is 0 Å². The van der Waals surface area contributed by atoms with E-state index in [2.05, 4.69) is 11.2 Å². The molecule has 0 aliphatic heterocycles. The Labute approximate surface area is 221 Å². The summed E-state index contributed by atoms with van der Waals surface area (Å²) in [6.45, 7) is 4.58. The molecule has 0 saturated heterocycles. The smallest absolute Gasteiger partial charge is 0.433 e. The summed E-state index contributed by atoms with van der Waals surface area (Å²) >= 11 is 11.7. The van der Waals surface area contributed by atoms with E-state index in [1.165, 1.54) is 24.3 Å². The lowest BCUT2D eigenvalue weighted by Crippen LogP contribution is -2.41. The van der Waals surface area contributed by atoms with Gasteiger partial charge in [0.2, 0.25) is 5.60 Å². The third-order valence-corrected chi connectivity index (χ3v) is 7.01. The second-order valence-corrected chi connectivity index (χ2v) is 11.4. The molecule has 0 spiro atoms. The summed E-state index contributed by atoms with van der Waals surface area (Å²) in [5.41, 5.74) is -2.60. The van der Waals surface area contributed by atoms with Gasteiger partial charge in [-0.2, -0.15) is 21.6 Å². The van der Waals surface area contributed by atoms with Crippen LogP contribution in [0.25, 0.3) is 5.32 Å². The third kappa shape index (κ3) is 8.40. The Balaban J connectivity index is 0.000000346. The van der Waals surface area contributed by atoms with Crippen molar-refractivity contribution >= 4 is 50.3 Å². The lowest BCUT2D eigenvalue weighted by Gasteiger charge is -2.28. The molecule has 0 fully saturated rings. The summed E-state index contributed by atoms with van der Waals surface area (Å²) in [5, 5.41) is 14.5. The van der Waals surface area contributed by atoms with E-state index in [0.717, 1.165) is 17.4 Å². The van der Waals surface area contributed by atoms with E-state index in [0.29, 0.717) is 23.7 Å². The van der Waals surface area contributed by atoms with Crippen molar-refractivity contribution in [2.75, 3.05) is 6.54 Å². The third-order valence-electron chi connectivity index (χ3n) is 4.40. The molecular formula is C24H21Cl2F3NO4S2-. The summed E-state index contributed by atoms with van der Waals surface area (Å²) in [4.78, 5) is -0.339. The number of thiophene rings is 1. The molecule has 1 unspecified atom stereocenters. The normalized spacial score (nSPS) is 13.2. The van der Waals surface area contributed by atoms with Crippen LogP contribution in [-0.4, -0.2) is 30.8 Å². The van der Waals surface area contributed by atoms with Crippen molar-refractivity contribution in [1.82, 2.24) is 0 Å². The Morgan fingerprint density at radius 2 is 1.64 bits per heavy atom. The molecule has 1 aromatic heterocycles. The summed E-state index contributed by atoms with van der Waals surface area (Å²) in [5.74, 6) is 4.74. The molecule has 5 nitrogen and oxygen atoms in total. The Bertz CT molecular complexity index is 1320. The number of benzene rings is 2. The van der Waals surface area contributed by atoms with Crippen LogP contribution in [0.2, 0.25) is 8.67 Å². The minimum Gasteiger partial charge on any atom is -0.684 e. The molecule has 2 aromatic carbocycles. The molecule has 194 valence electrons. The topological polar surface area (TPSA) is 88.7 Å². The molecule has 0 aliphatic carbocycles. The largest absolute Gasteiger partial charge is 0.684 e. The molecule has 0 bridgehead atoms. The standard InChI is InChI=1S/C20H19F3NO.C4H2Cl2O3S2/c1-15(2)14-24-18-10-8-17(9-11-18)19(25,20(21,22)23)13-12-16-6-4-3-5-7-16;5-3-1-2(4(6)10-3)11(7,8)9/h3-11,15,25H,14H2,1-2H3;1H,(H,7,8,9)/q-1;. The van der Waals surface area contributed by atoms with Gasteiger partial charge in [-0.25, -0.2) is 0 Å². The highest BCUT2D eigenvalue weighted by Gasteiger charge is 2.54. The number of alkyl halides is 3. The zero-order chi connectivity index (χ0) is 27.1. The Hall–Kier alpha value is -2.26. The van der Waals surface area contributed by atoms with Gasteiger partial charge in [-0.05, 0) is 24.1 Å². The van der Waals surface area contributed by atoms with Gasteiger partial charge in [0.15, 0.2) is 0 Å². The zero-order valence-corrected chi connectivity index (χ0v) is 22.1. The molecule has 12 heteroatoms. The maximum Gasteiger partial charge on any atom is 0.433 e. The fourth-order valence-corrected chi connectivity index (χ4v) is 5.20. The number of hydrogen-bond donors (Lipinski definition) is 2. The van der Waals surface area contributed by atoms with Crippen molar-refractivity contribution < 1.29 is 31.2 Å². The van der Waals surface area contributed by atoms with Gasteiger partial charge in [-0.1, -0.05) is 91.4 Å². The average molecular weight is 579 g/mol. The van der Waals surface area contributed by atoms with Crippen LogP contribution in [0.3, 0.4) is 0 Å². The lowest BCUT2D eigenvalue weighted by molar-refractivity contribution is -0.240. The molecule has 0 amide bonds. The van der Waals surface area contributed by atoms with Gasteiger partial charge < -0.3 is 10.4 Å². The van der Waals surface area contributed by atoms with Gasteiger partial charge in [0.1, 0.15) is 9.23 Å².